The van der Waals surface area contributed by atoms with Gasteiger partial charge in [-0.2, -0.15) is 0 Å². The van der Waals surface area contributed by atoms with Gasteiger partial charge >= 0.3 is 5.97 Å². The highest BCUT2D eigenvalue weighted by Gasteiger charge is 2.29. The lowest BCUT2D eigenvalue weighted by Gasteiger charge is -2.24. The molecule has 0 saturated carbocycles. The van der Waals surface area contributed by atoms with Crippen molar-refractivity contribution in [3.63, 3.8) is 0 Å². The van der Waals surface area contributed by atoms with E-state index in [1.807, 2.05) is 38.1 Å². The van der Waals surface area contributed by atoms with Gasteiger partial charge in [0.05, 0.1) is 12.4 Å². The number of carbonyl (C=O) groups is 4. The van der Waals surface area contributed by atoms with Gasteiger partial charge in [0, 0.05) is 35.4 Å². The Balaban J connectivity index is 1.58. The topological polar surface area (TPSA) is 195 Å². The van der Waals surface area contributed by atoms with Gasteiger partial charge in [0.1, 0.15) is 18.1 Å². The number of para-hydroxylation sites is 1. The molecule has 4 atom stereocenters. The predicted octanol–water partition coefficient (Wildman–Crippen LogP) is 0.609. The van der Waals surface area contributed by atoms with Gasteiger partial charge < -0.3 is 36.8 Å². The van der Waals surface area contributed by atoms with E-state index in [9.17, 15) is 24.3 Å². The highest BCUT2D eigenvalue weighted by Crippen LogP contribution is 2.18. The zero-order valence-electron chi connectivity index (χ0n) is 21.7. The third-order valence-corrected chi connectivity index (χ3v) is 6.14. The first-order valence-electron chi connectivity index (χ1n) is 12.5. The molecule has 3 rings (SSSR count). The van der Waals surface area contributed by atoms with Crippen molar-refractivity contribution in [2.24, 2.45) is 11.7 Å². The SMILES string of the molecule is CC(C)CC(NC(=O)C(C)NC(=O)C(N)Cc1c[nH]c2ccccc12)C(=O)NC(Cc1cnc[nH]1)C(=O)O. The molecule has 12 heteroatoms. The van der Waals surface area contributed by atoms with Crippen LogP contribution < -0.4 is 21.7 Å². The molecule has 2 aromatic heterocycles. The fraction of sp³-hybridized carbons (Fsp3) is 0.423. The maximum absolute atomic E-state index is 13.0. The summed E-state index contributed by atoms with van der Waals surface area (Å²) < 4.78 is 0. The van der Waals surface area contributed by atoms with E-state index in [1.165, 1.54) is 19.4 Å². The molecule has 8 N–H and O–H groups in total. The summed E-state index contributed by atoms with van der Waals surface area (Å²) in [6, 6.07) is 3.60. The fourth-order valence-electron chi connectivity index (χ4n) is 4.10. The molecule has 0 fully saturated rings. The predicted molar refractivity (Wildman–Crippen MR) is 141 cm³/mol. The number of aromatic nitrogens is 3. The number of rotatable bonds is 13. The van der Waals surface area contributed by atoms with Crippen LogP contribution in [0.15, 0.2) is 43.0 Å². The fourth-order valence-corrected chi connectivity index (χ4v) is 4.10. The number of hydrogen-bond acceptors (Lipinski definition) is 6. The monoisotopic (exact) mass is 525 g/mol. The van der Waals surface area contributed by atoms with Crippen LogP contribution >= 0.6 is 0 Å². The van der Waals surface area contributed by atoms with Crippen molar-refractivity contribution >= 4 is 34.6 Å². The van der Waals surface area contributed by atoms with Crippen LogP contribution in [-0.4, -0.2) is 67.9 Å². The number of carbonyl (C=O) groups excluding carboxylic acids is 3. The van der Waals surface area contributed by atoms with E-state index in [4.69, 9.17) is 5.73 Å². The third kappa shape index (κ3) is 7.65. The van der Waals surface area contributed by atoms with Gasteiger partial charge in [-0.15, -0.1) is 0 Å². The smallest absolute Gasteiger partial charge is 0.326 e. The van der Waals surface area contributed by atoms with Gasteiger partial charge in [0.2, 0.25) is 17.7 Å². The number of benzene rings is 1. The standard InChI is InChI=1S/C26H35N7O5/c1-14(2)8-21(25(36)33-22(26(37)38)10-17-12-28-13-30-17)32-23(34)15(3)31-24(35)19(27)9-16-11-29-20-7-5-4-6-18(16)20/h4-7,11-15,19,21-22,29H,8-10,27H2,1-3H3,(H,28,30)(H,31,35)(H,32,34)(H,33,36)(H,37,38). The molecule has 0 aliphatic rings. The van der Waals surface area contributed by atoms with Crippen LogP contribution in [0.4, 0.5) is 0 Å². The molecule has 3 aromatic rings. The number of fused-ring (bicyclic) bond motifs is 1. The van der Waals surface area contributed by atoms with Crippen molar-refractivity contribution < 1.29 is 24.3 Å². The second kappa shape index (κ2) is 12.9. The van der Waals surface area contributed by atoms with Gasteiger partial charge in [-0.3, -0.25) is 14.4 Å². The van der Waals surface area contributed by atoms with Crippen LogP contribution in [0.2, 0.25) is 0 Å². The minimum atomic E-state index is -1.22. The Morgan fingerprint density at radius 3 is 2.32 bits per heavy atom. The molecule has 38 heavy (non-hydrogen) atoms. The molecular weight excluding hydrogens is 490 g/mol. The number of carboxylic acids is 1. The first-order chi connectivity index (χ1) is 18.0. The number of aromatic amines is 2. The van der Waals surface area contributed by atoms with Crippen LogP contribution in [0.1, 0.15) is 38.4 Å². The summed E-state index contributed by atoms with van der Waals surface area (Å²) >= 11 is 0. The number of nitrogens with one attached hydrogen (secondary N) is 5. The largest absolute Gasteiger partial charge is 0.480 e. The molecule has 0 aliphatic heterocycles. The Morgan fingerprint density at radius 2 is 1.66 bits per heavy atom. The van der Waals surface area contributed by atoms with E-state index < -0.39 is 47.9 Å². The number of nitrogens with zero attached hydrogens (tertiary/aromatic N) is 1. The summed E-state index contributed by atoms with van der Waals surface area (Å²) in [5, 5.41) is 18.3. The number of amides is 3. The molecule has 12 nitrogen and oxygen atoms in total. The zero-order valence-corrected chi connectivity index (χ0v) is 21.7. The van der Waals surface area contributed by atoms with Crippen molar-refractivity contribution in [1.82, 2.24) is 30.9 Å². The second-order valence-electron chi connectivity index (χ2n) is 9.77. The van der Waals surface area contributed by atoms with E-state index in [-0.39, 0.29) is 25.2 Å². The maximum Gasteiger partial charge on any atom is 0.326 e. The number of carboxylic acid groups (broad SMARTS) is 1. The molecule has 3 amide bonds. The zero-order chi connectivity index (χ0) is 27.8. The quantitative estimate of drug-likeness (QED) is 0.170. The van der Waals surface area contributed by atoms with E-state index in [2.05, 4.69) is 30.9 Å². The molecule has 204 valence electrons. The summed E-state index contributed by atoms with van der Waals surface area (Å²) in [6.45, 7) is 5.25. The van der Waals surface area contributed by atoms with Gasteiger partial charge in [-0.25, -0.2) is 9.78 Å². The number of imidazole rings is 1. The molecular formula is C26H35N7O5. The second-order valence-corrected chi connectivity index (χ2v) is 9.77. The van der Waals surface area contributed by atoms with Crippen LogP contribution in [-0.2, 0) is 32.0 Å². The molecule has 0 aliphatic carbocycles. The van der Waals surface area contributed by atoms with Gasteiger partial charge in [-0.1, -0.05) is 32.0 Å². The molecule has 0 bridgehead atoms. The van der Waals surface area contributed by atoms with E-state index in [0.717, 1.165) is 16.5 Å². The van der Waals surface area contributed by atoms with E-state index in [0.29, 0.717) is 5.69 Å². The highest BCUT2D eigenvalue weighted by atomic mass is 16.4. The van der Waals surface area contributed by atoms with Crippen LogP contribution in [0.5, 0.6) is 0 Å². The molecule has 0 radical (unpaired) electrons. The Hall–Kier alpha value is -4.19. The van der Waals surface area contributed by atoms with Gasteiger partial charge in [0.25, 0.3) is 0 Å². The Labute approximate surface area is 220 Å². The third-order valence-electron chi connectivity index (χ3n) is 6.14. The lowest BCUT2D eigenvalue weighted by atomic mass is 10.0. The first kappa shape index (κ1) is 28.4. The van der Waals surface area contributed by atoms with Crippen LogP contribution in [0.25, 0.3) is 10.9 Å². The Morgan fingerprint density at radius 1 is 0.947 bits per heavy atom. The highest BCUT2D eigenvalue weighted by molar-refractivity contribution is 5.94. The van der Waals surface area contributed by atoms with Crippen LogP contribution in [0, 0.1) is 5.92 Å². The van der Waals surface area contributed by atoms with Crippen molar-refractivity contribution in [3.05, 3.63) is 54.2 Å². The number of H-pyrrole nitrogens is 2. The lowest BCUT2D eigenvalue weighted by molar-refractivity contribution is -0.142. The van der Waals surface area contributed by atoms with Crippen LogP contribution in [0.3, 0.4) is 0 Å². The summed E-state index contributed by atoms with van der Waals surface area (Å²) in [5.41, 5.74) is 8.48. The molecule has 0 spiro atoms. The van der Waals surface area contributed by atoms with Crippen molar-refractivity contribution in [1.29, 1.82) is 0 Å². The Kier molecular flexibility index (Phi) is 9.61. The number of aliphatic carboxylic acids is 1. The minimum Gasteiger partial charge on any atom is -0.480 e. The molecule has 0 saturated heterocycles. The summed E-state index contributed by atoms with van der Waals surface area (Å²) in [4.78, 5) is 60.1. The average molecular weight is 526 g/mol. The van der Waals surface area contributed by atoms with Gasteiger partial charge in [-0.05, 0) is 37.3 Å². The Bertz CT molecular complexity index is 1250. The van der Waals surface area contributed by atoms with Crippen molar-refractivity contribution in [2.75, 3.05) is 0 Å². The molecule has 2 heterocycles. The number of hydrogen-bond donors (Lipinski definition) is 7. The van der Waals surface area contributed by atoms with Crippen molar-refractivity contribution in [3.8, 4) is 0 Å². The average Bonchev–Trinajstić information content (AvgIpc) is 3.52. The summed E-state index contributed by atoms with van der Waals surface area (Å²) in [7, 11) is 0. The molecule has 4 unspecified atom stereocenters. The van der Waals surface area contributed by atoms with E-state index in [1.54, 1.807) is 6.20 Å². The first-order valence-corrected chi connectivity index (χ1v) is 12.5. The lowest BCUT2D eigenvalue weighted by Crippen LogP contribution is -2.57. The minimum absolute atomic E-state index is 0.00416. The summed E-state index contributed by atoms with van der Waals surface area (Å²) in [6.07, 6.45) is 5.25. The normalized spacial score (nSPS) is 14.4. The van der Waals surface area contributed by atoms with Gasteiger partial charge in [0.15, 0.2) is 0 Å². The number of nitrogens with two attached hydrogens (primary N) is 1. The van der Waals surface area contributed by atoms with Crippen molar-refractivity contribution in [2.45, 2.75) is 64.2 Å². The van der Waals surface area contributed by atoms with E-state index >= 15 is 0 Å². The maximum atomic E-state index is 13.0. The summed E-state index contributed by atoms with van der Waals surface area (Å²) in [5.74, 6) is -2.91. The molecule has 1 aromatic carbocycles.